The molecule has 0 radical (unpaired) electrons. The standard InChI is InChI=1S/C15H20N4O/c1-3-4-10-16-14-9-11-17-15(19-14)18-12-7-5-6-8-13(12)20-2/h5-9,11H,3-4,10H2,1-2H3,(H2,16,17,18,19). The third-order valence-corrected chi connectivity index (χ3v) is 2.85. The second-order valence-corrected chi connectivity index (χ2v) is 4.37. The molecule has 0 aliphatic carbocycles. The van der Waals surface area contributed by atoms with Crippen LogP contribution in [0.4, 0.5) is 17.5 Å². The monoisotopic (exact) mass is 272 g/mol. The van der Waals surface area contributed by atoms with Crippen LogP contribution in [0, 0.1) is 0 Å². The van der Waals surface area contributed by atoms with Gasteiger partial charge >= 0.3 is 0 Å². The Bertz CT molecular complexity index is 545. The molecule has 2 rings (SSSR count). The largest absolute Gasteiger partial charge is 0.495 e. The molecule has 2 aromatic rings. The van der Waals surface area contributed by atoms with Crippen LogP contribution in [-0.2, 0) is 0 Å². The molecule has 20 heavy (non-hydrogen) atoms. The van der Waals surface area contributed by atoms with E-state index in [-0.39, 0.29) is 0 Å². The number of methoxy groups -OCH3 is 1. The number of rotatable bonds is 7. The van der Waals surface area contributed by atoms with E-state index in [1.54, 1.807) is 13.3 Å². The summed E-state index contributed by atoms with van der Waals surface area (Å²) in [5.41, 5.74) is 0.848. The highest BCUT2D eigenvalue weighted by molar-refractivity contribution is 5.62. The summed E-state index contributed by atoms with van der Waals surface area (Å²) in [6.45, 7) is 3.08. The van der Waals surface area contributed by atoms with E-state index < -0.39 is 0 Å². The van der Waals surface area contributed by atoms with E-state index in [4.69, 9.17) is 4.74 Å². The van der Waals surface area contributed by atoms with Crippen LogP contribution in [0.2, 0.25) is 0 Å². The van der Waals surface area contributed by atoms with Gasteiger partial charge in [-0.3, -0.25) is 0 Å². The molecular weight excluding hydrogens is 252 g/mol. The quantitative estimate of drug-likeness (QED) is 0.756. The normalized spacial score (nSPS) is 10.1. The molecule has 5 nitrogen and oxygen atoms in total. The Balaban J connectivity index is 2.07. The van der Waals surface area contributed by atoms with E-state index in [9.17, 15) is 0 Å². The van der Waals surface area contributed by atoms with Crippen LogP contribution in [0.15, 0.2) is 36.5 Å². The highest BCUT2D eigenvalue weighted by Crippen LogP contribution is 2.25. The fraction of sp³-hybridized carbons (Fsp3) is 0.333. The molecule has 0 bridgehead atoms. The molecule has 0 fully saturated rings. The Labute approximate surface area is 119 Å². The Kier molecular flexibility index (Phi) is 5.17. The minimum atomic E-state index is 0.552. The topological polar surface area (TPSA) is 59.1 Å². The van der Waals surface area contributed by atoms with Crippen molar-refractivity contribution < 1.29 is 4.74 Å². The smallest absolute Gasteiger partial charge is 0.229 e. The summed E-state index contributed by atoms with van der Waals surface area (Å²) < 4.78 is 5.29. The third-order valence-electron chi connectivity index (χ3n) is 2.85. The third kappa shape index (κ3) is 3.85. The van der Waals surface area contributed by atoms with Crippen LogP contribution >= 0.6 is 0 Å². The lowest BCUT2D eigenvalue weighted by molar-refractivity contribution is 0.417. The summed E-state index contributed by atoms with van der Waals surface area (Å²) in [4.78, 5) is 8.65. The maximum absolute atomic E-state index is 5.29. The summed E-state index contributed by atoms with van der Waals surface area (Å²) in [6, 6.07) is 9.55. The Hall–Kier alpha value is -2.30. The number of aromatic nitrogens is 2. The molecule has 0 atom stereocenters. The van der Waals surface area contributed by atoms with Crippen molar-refractivity contribution in [1.82, 2.24) is 9.97 Å². The van der Waals surface area contributed by atoms with E-state index in [1.165, 1.54) is 0 Å². The molecule has 0 saturated heterocycles. The van der Waals surface area contributed by atoms with Gasteiger partial charge in [-0.05, 0) is 24.6 Å². The van der Waals surface area contributed by atoms with Gasteiger partial charge in [0, 0.05) is 12.7 Å². The summed E-state index contributed by atoms with van der Waals surface area (Å²) in [6.07, 6.45) is 4.02. The molecular formula is C15H20N4O. The zero-order valence-electron chi connectivity index (χ0n) is 11.9. The zero-order chi connectivity index (χ0) is 14.2. The lowest BCUT2D eigenvalue weighted by atomic mass is 10.3. The molecule has 1 aromatic carbocycles. The minimum absolute atomic E-state index is 0.552. The van der Waals surface area contributed by atoms with Gasteiger partial charge in [-0.2, -0.15) is 4.98 Å². The Morgan fingerprint density at radius 2 is 2.05 bits per heavy atom. The van der Waals surface area contributed by atoms with Crippen molar-refractivity contribution in [2.24, 2.45) is 0 Å². The first kappa shape index (κ1) is 14.1. The number of benzene rings is 1. The molecule has 106 valence electrons. The highest BCUT2D eigenvalue weighted by Gasteiger charge is 2.04. The SMILES string of the molecule is CCCCNc1ccnc(Nc2ccccc2OC)n1. The van der Waals surface area contributed by atoms with Crippen LogP contribution in [-0.4, -0.2) is 23.6 Å². The Morgan fingerprint density at radius 1 is 1.20 bits per heavy atom. The van der Waals surface area contributed by atoms with E-state index >= 15 is 0 Å². The first-order valence-electron chi connectivity index (χ1n) is 6.80. The van der Waals surface area contributed by atoms with Crippen molar-refractivity contribution in [3.05, 3.63) is 36.5 Å². The first-order valence-corrected chi connectivity index (χ1v) is 6.80. The number of unbranched alkanes of at least 4 members (excludes halogenated alkanes) is 1. The van der Waals surface area contributed by atoms with Gasteiger partial charge < -0.3 is 15.4 Å². The molecule has 0 spiro atoms. The zero-order valence-corrected chi connectivity index (χ0v) is 11.9. The van der Waals surface area contributed by atoms with E-state index in [0.717, 1.165) is 36.6 Å². The van der Waals surface area contributed by atoms with Crippen molar-refractivity contribution in [3.63, 3.8) is 0 Å². The van der Waals surface area contributed by atoms with Gasteiger partial charge in [-0.25, -0.2) is 4.98 Å². The molecule has 5 heteroatoms. The van der Waals surface area contributed by atoms with Crippen molar-refractivity contribution in [1.29, 1.82) is 0 Å². The number of anilines is 3. The number of hydrogen-bond donors (Lipinski definition) is 2. The van der Waals surface area contributed by atoms with Crippen LogP contribution < -0.4 is 15.4 Å². The van der Waals surface area contributed by atoms with Crippen LogP contribution in [0.25, 0.3) is 0 Å². The minimum Gasteiger partial charge on any atom is -0.495 e. The average Bonchev–Trinajstić information content (AvgIpc) is 2.48. The molecule has 0 saturated carbocycles. The second kappa shape index (κ2) is 7.33. The summed E-state index contributed by atoms with van der Waals surface area (Å²) >= 11 is 0. The van der Waals surface area contributed by atoms with Gasteiger partial charge in [0.15, 0.2) is 0 Å². The predicted molar refractivity (Wildman–Crippen MR) is 81.7 cm³/mol. The fourth-order valence-electron chi connectivity index (χ4n) is 1.78. The van der Waals surface area contributed by atoms with Gasteiger partial charge in [-0.15, -0.1) is 0 Å². The van der Waals surface area contributed by atoms with E-state index in [2.05, 4.69) is 27.5 Å². The average molecular weight is 272 g/mol. The maximum atomic E-state index is 5.29. The van der Waals surface area contributed by atoms with Crippen molar-refractivity contribution in [2.75, 3.05) is 24.3 Å². The lowest BCUT2D eigenvalue weighted by Crippen LogP contribution is -2.05. The molecule has 0 amide bonds. The predicted octanol–water partition coefficient (Wildman–Crippen LogP) is 3.44. The van der Waals surface area contributed by atoms with Crippen molar-refractivity contribution in [2.45, 2.75) is 19.8 Å². The van der Waals surface area contributed by atoms with E-state index in [1.807, 2.05) is 30.3 Å². The molecule has 0 aliphatic heterocycles. The van der Waals surface area contributed by atoms with Gasteiger partial charge in [0.2, 0.25) is 5.95 Å². The molecule has 0 aliphatic rings. The Morgan fingerprint density at radius 3 is 2.85 bits per heavy atom. The fourth-order valence-corrected chi connectivity index (χ4v) is 1.78. The first-order chi connectivity index (χ1) is 9.83. The van der Waals surface area contributed by atoms with E-state index in [0.29, 0.717) is 5.95 Å². The summed E-state index contributed by atoms with van der Waals surface area (Å²) in [7, 11) is 1.64. The van der Waals surface area contributed by atoms with Gasteiger partial charge in [-0.1, -0.05) is 25.5 Å². The van der Waals surface area contributed by atoms with Gasteiger partial charge in [0.25, 0.3) is 0 Å². The molecule has 1 heterocycles. The van der Waals surface area contributed by atoms with Crippen molar-refractivity contribution >= 4 is 17.5 Å². The number of ether oxygens (including phenoxy) is 1. The highest BCUT2D eigenvalue weighted by atomic mass is 16.5. The van der Waals surface area contributed by atoms with Gasteiger partial charge in [0.1, 0.15) is 11.6 Å². The second-order valence-electron chi connectivity index (χ2n) is 4.37. The number of nitrogens with one attached hydrogen (secondary N) is 2. The number of nitrogens with zero attached hydrogens (tertiary/aromatic N) is 2. The van der Waals surface area contributed by atoms with Gasteiger partial charge in [0.05, 0.1) is 12.8 Å². The van der Waals surface area contributed by atoms with Crippen LogP contribution in [0.3, 0.4) is 0 Å². The molecule has 0 unspecified atom stereocenters. The molecule has 2 N–H and O–H groups in total. The summed E-state index contributed by atoms with van der Waals surface area (Å²) in [5.74, 6) is 2.14. The lowest BCUT2D eigenvalue weighted by Gasteiger charge is -2.10. The van der Waals surface area contributed by atoms with Crippen molar-refractivity contribution in [3.8, 4) is 5.75 Å². The van der Waals surface area contributed by atoms with Crippen LogP contribution in [0.1, 0.15) is 19.8 Å². The maximum Gasteiger partial charge on any atom is 0.229 e. The number of para-hydroxylation sites is 2. The van der Waals surface area contributed by atoms with Crippen LogP contribution in [0.5, 0.6) is 5.75 Å². The number of hydrogen-bond acceptors (Lipinski definition) is 5. The summed E-state index contributed by atoms with van der Waals surface area (Å²) in [5, 5.41) is 6.45. The molecule has 1 aromatic heterocycles.